The number of ether oxygens (including phenoxy) is 1. The minimum atomic E-state index is 0.0512. The van der Waals surface area contributed by atoms with Crippen molar-refractivity contribution in [2.45, 2.75) is 39.3 Å². The molecule has 0 bridgehead atoms. The molecule has 0 N–H and O–H groups in total. The van der Waals surface area contributed by atoms with E-state index in [-0.39, 0.29) is 11.6 Å². The Bertz CT molecular complexity index is 885. The van der Waals surface area contributed by atoms with Gasteiger partial charge in [-0.1, -0.05) is 29.3 Å². The molecule has 0 spiro atoms. The van der Waals surface area contributed by atoms with E-state index < -0.39 is 0 Å². The smallest absolute Gasteiger partial charge is 0.261 e. The molecule has 0 unspecified atom stereocenters. The number of benzene rings is 1. The number of aromatic nitrogens is 2. The van der Waals surface area contributed by atoms with E-state index in [1.54, 1.807) is 7.11 Å². The zero-order valence-electron chi connectivity index (χ0n) is 18.0. The van der Waals surface area contributed by atoms with Crippen molar-refractivity contribution in [1.29, 1.82) is 0 Å². The van der Waals surface area contributed by atoms with Gasteiger partial charge in [0.05, 0.1) is 23.6 Å². The average Bonchev–Trinajstić information content (AvgIpc) is 2.88. The topological polar surface area (TPSA) is 50.6 Å². The summed E-state index contributed by atoms with van der Waals surface area (Å²) in [5, 5.41) is 0.674. The number of likely N-dealkylation sites (N-methyl/N-ethyl adjacent to an activating group) is 1. The summed E-state index contributed by atoms with van der Waals surface area (Å²) < 4.78 is 8.26. The second-order valence-corrected chi connectivity index (χ2v) is 8.98. The molecule has 160 valence electrons. The van der Waals surface area contributed by atoms with E-state index in [1.807, 2.05) is 29.7 Å². The maximum absolute atomic E-state index is 13.3. The first-order chi connectivity index (χ1) is 14.0. The molecule has 6 nitrogen and oxygen atoms in total. The number of fused-ring (bicyclic) bond motifs is 1. The van der Waals surface area contributed by atoms with Gasteiger partial charge in [0.15, 0.2) is 0 Å². The van der Waals surface area contributed by atoms with Gasteiger partial charge in [-0.05, 0) is 38.6 Å². The molecule has 1 aromatic heterocycles. The second-order valence-electron chi connectivity index (χ2n) is 8.06. The molecule has 0 amide bonds. The van der Waals surface area contributed by atoms with Crippen LogP contribution in [0.4, 0.5) is 0 Å². The van der Waals surface area contributed by atoms with Gasteiger partial charge in [0, 0.05) is 50.2 Å². The van der Waals surface area contributed by atoms with Crippen LogP contribution in [0, 0.1) is 5.92 Å². The molecule has 3 rings (SSSR count). The highest BCUT2D eigenvalue weighted by atomic mass is 79.9. The molecule has 0 saturated carbocycles. The number of rotatable bonds is 7. The summed E-state index contributed by atoms with van der Waals surface area (Å²) in [5.41, 5.74) is 0.828. The minimum Gasteiger partial charge on any atom is -0.384 e. The van der Waals surface area contributed by atoms with E-state index in [9.17, 15) is 4.79 Å². The largest absolute Gasteiger partial charge is 0.384 e. The first kappa shape index (κ1) is 22.4. The summed E-state index contributed by atoms with van der Waals surface area (Å²) in [6, 6.07) is 5.91. The van der Waals surface area contributed by atoms with Crippen LogP contribution in [0.25, 0.3) is 10.9 Å². The van der Waals surface area contributed by atoms with Gasteiger partial charge in [-0.2, -0.15) is 0 Å². The molecule has 1 aliphatic rings. The third-order valence-electron chi connectivity index (χ3n) is 5.80. The van der Waals surface area contributed by atoms with Crippen molar-refractivity contribution in [3.8, 4) is 0 Å². The minimum absolute atomic E-state index is 0.0512. The molecule has 29 heavy (non-hydrogen) atoms. The molecule has 1 aromatic carbocycles. The average molecular weight is 465 g/mol. The van der Waals surface area contributed by atoms with Crippen LogP contribution in [0.5, 0.6) is 0 Å². The fraction of sp³-hybridized carbons (Fsp3) is 0.636. The van der Waals surface area contributed by atoms with Crippen molar-refractivity contribution in [2.24, 2.45) is 5.92 Å². The molecule has 1 saturated heterocycles. The highest BCUT2D eigenvalue weighted by Gasteiger charge is 2.30. The summed E-state index contributed by atoms with van der Waals surface area (Å²) in [5.74, 6) is 1.35. The second kappa shape index (κ2) is 10.2. The van der Waals surface area contributed by atoms with E-state index in [4.69, 9.17) is 9.72 Å². The predicted molar refractivity (Wildman–Crippen MR) is 121 cm³/mol. The number of methoxy groups -OCH3 is 1. The molecule has 2 atom stereocenters. The number of nitrogens with zero attached hydrogens (tertiary/aromatic N) is 4. The van der Waals surface area contributed by atoms with Crippen LogP contribution in [0.1, 0.15) is 38.6 Å². The van der Waals surface area contributed by atoms with Crippen molar-refractivity contribution in [3.63, 3.8) is 0 Å². The quantitative estimate of drug-likeness (QED) is 0.627. The molecule has 7 heteroatoms. The summed E-state index contributed by atoms with van der Waals surface area (Å²) >= 11 is 3.48. The molecule has 1 aliphatic heterocycles. The Kier molecular flexibility index (Phi) is 7.85. The molecular formula is C22H33BrN4O2. The molecule has 0 aliphatic carbocycles. The maximum atomic E-state index is 13.3. The van der Waals surface area contributed by atoms with Crippen LogP contribution in [-0.4, -0.2) is 66.3 Å². The number of hydrogen-bond donors (Lipinski definition) is 0. The Hall–Kier alpha value is -1.28. The van der Waals surface area contributed by atoms with Crippen LogP contribution in [0.3, 0.4) is 0 Å². The van der Waals surface area contributed by atoms with Crippen LogP contribution < -0.4 is 5.56 Å². The molecule has 0 radical (unpaired) electrons. The summed E-state index contributed by atoms with van der Waals surface area (Å²) in [6.45, 7) is 9.58. The zero-order valence-corrected chi connectivity index (χ0v) is 19.6. The Morgan fingerprint density at radius 1 is 1.28 bits per heavy atom. The molecule has 2 heterocycles. The van der Waals surface area contributed by atoms with Crippen molar-refractivity contribution in [1.82, 2.24) is 19.4 Å². The summed E-state index contributed by atoms with van der Waals surface area (Å²) in [6.07, 6.45) is 2.03. The fourth-order valence-corrected chi connectivity index (χ4v) is 4.82. The lowest BCUT2D eigenvalue weighted by Crippen LogP contribution is -2.39. The highest BCUT2D eigenvalue weighted by Crippen LogP contribution is 2.28. The fourth-order valence-electron chi connectivity index (χ4n) is 4.45. The first-order valence-corrected chi connectivity index (χ1v) is 11.4. The van der Waals surface area contributed by atoms with Gasteiger partial charge < -0.3 is 9.64 Å². The van der Waals surface area contributed by atoms with Gasteiger partial charge >= 0.3 is 0 Å². The van der Waals surface area contributed by atoms with Crippen molar-refractivity contribution in [2.75, 3.05) is 46.9 Å². The van der Waals surface area contributed by atoms with E-state index in [0.29, 0.717) is 17.8 Å². The third-order valence-corrected chi connectivity index (χ3v) is 6.29. The van der Waals surface area contributed by atoms with Crippen LogP contribution in [0.15, 0.2) is 27.5 Å². The first-order valence-electron chi connectivity index (χ1n) is 10.6. The highest BCUT2D eigenvalue weighted by molar-refractivity contribution is 9.10. The Morgan fingerprint density at radius 2 is 2.07 bits per heavy atom. The normalized spacial score (nSPS) is 20.1. The lowest BCUT2D eigenvalue weighted by molar-refractivity contribution is 0.105. The van der Waals surface area contributed by atoms with E-state index in [0.717, 1.165) is 61.4 Å². The van der Waals surface area contributed by atoms with Crippen molar-refractivity contribution < 1.29 is 4.74 Å². The summed E-state index contributed by atoms with van der Waals surface area (Å²) in [7, 11) is 3.95. The zero-order chi connectivity index (χ0) is 21.0. The van der Waals surface area contributed by atoms with Crippen LogP contribution >= 0.6 is 15.9 Å². The Balaban J connectivity index is 2.07. The third kappa shape index (κ3) is 5.08. The molecule has 2 aromatic rings. The monoisotopic (exact) mass is 464 g/mol. The summed E-state index contributed by atoms with van der Waals surface area (Å²) in [4.78, 5) is 23.2. The maximum Gasteiger partial charge on any atom is 0.261 e. The number of hydrogen-bond acceptors (Lipinski definition) is 5. The predicted octanol–water partition coefficient (Wildman–Crippen LogP) is 3.53. The number of halogens is 1. The van der Waals surface area contributed by atoms with Gasteiger partial charge in [0.2, 0.25) is 0 Å². The Labute approximate surface area is 182 Å². The van der Waals surface area contributed by atoms with Gasteiger partial charge in [0.1, 0.15) is 5.82 Å². The Morgan fingerprint density at radius 3 is 2.76 bits per heavy atom. The lowest BCUT2D eigenvalue weighted by atomic mass is 10.0. The van der Waals surface area contributed by atoms with Gasteiger partial charge in [-0.25, -0.2) is 4.98 Å². The standard InChI is InChI=1S/C22H33BrN4O2/c1-5-7-20(26-11-10-25(3)13-16(14-26)15-29-4)21-24-19-9-8-17(23)12-18(19)22(28)27(21)6-2/h8-9,12,16,20H,5-7,10-11,13-15H2,1-4H3/t16-,20+/m1/s1. The van der Waals surface area contributed by atoms with Gasteiger partial charge in [0.25, 0.3) is 5.56 Å². The van der Waals surface area contributed by atoms with Gasteiger partial charge in [-0.3, -0.25) is 14.3 Å². The molecule has 1 fully saturated rings. The van der Waals surface area contributed by atoms with Crippen LogP contribution in [0.2, 0.25) is 0 Å². The van der Waals surface area contributed by atoms with E-state index >= 15 is 0 Å². The van der Waals surface area contributed by atoms with Gasteiger partial charge in [-0.15, -0.1) is 0 Å². The van der Waals surface area contributed by atoms with Crippen LogP contribution in [-0.2, 0) is 11.3 Å². The van der Waals surface area contributed by atoms with Crippen molar-refractivity contribution >= 4 is 26.8 Å². The molecular weight excluding hydrogens is 432 g/mol. The van der Waals surface area contributed by atoms with E-state index in [1.165, 1.54) is 0 Å². The lowest BCUT2D eigenvalue weighted by Gasteiger charge is -2.33. The van der Waals surface area contributed by atoms with E-state index in [2.05, 4.69) is 39.7 Å². The SMILES string of the molecule is CCC[C@@H](c1nc2ccc(Br)cc2c(=O)n1CC)N1CCN(C)C[C@@H](COC)C1. The van der Waals surface area contributed by atoms with Crippen molar-refractivity contribution in [3.05, 3.63) is 38.9 Å².